The van der Waals surface area contributed by atoms with E-state index in [0.29, 0.717) is 5.88 Å². The van der Waals surface area contributed by atoms with E-state index >= 15 is 0 Å². The van der Waals surface area contributed by atoms with E-state index in [0.717, 1.165) is 22.4 Å². The molecule has 4 atom stereocenters. The molecular weight excluding hydrogens is 334 g/mol. The van der Waals surface area contributed by atoms with Crippen LogP contribution in [0.1, 0.15) is 34.2 Å². The number of rotatable bonds is 2. The van der Waals surface area contributed by atoms with Crippen molar-refractivity contribution >= 4 is 11.8 Å². The van der Waals surface area contributed by atoms with E-state index in [1.807, 2.05) is 24.3 Å². The van der Waals surface area contributed by atoms with Gasteiger partial charge in [-0.2, -0.15) is 9.97 Å². The molecule has 7 heteroatoms. The van der Waals surface area contributed by atoms with E-state index in [2.05, 4.69) is 9.97 Å². The van der Waals surface area contributed by atoms with Crippen molar-refractivity contribution in [3.8, 4) is 11.9 Å². The first kappa shape index (κ1) is 15.3. The lowest BCUT2D eigenvalue weighted by molar-refractivity contribution is -0.138. The monoisotopic (exact) mass is 351 g/mol. The van der Waals surface area contributed by atoms with Crippen LogP contribution in [0, 0.1) is 11.8 Å². The summed E-state index contributed by atoms with van der Waals surface area (Å²) in [5, 5.41) is 0. The minimum absolute atomic E-state index is 0.145. The number of nitrogens with zero attached hydrogens (tertiary/aromatic N) is 3. The molecule has 26 heavy (non-hydrogen) atoms. The predicted molar refractivity (Wildman–Crippen MR) is 90.0 cm³/mol. The molecule has 0 N–H and O–H groups in total. The maximum atomic E-state index is 12.9. The summed E-state index contributed by atoms with van der Waals surface area (Å²) in [7, 11) is 4.60. The molecule has 0 saturated carbocycles. The molecule has 1 fully saturated rings. The van der Waals surface area contributed by atoms with E-state index in [9.17, 15) is 9.59 Å². The van der Waals surface area contributed by atoms with Gasteiger partial charge in [0, 0.05) is 24.4 Å². The second-order valence-electron chi connectivity index (χ2n) is 6.89. The lowest BCUT2D eigenvalue weighted by Crippen LogP contribution is -2.42. The fourth-order valence-electron chi connectivity index (χ4n) is 4.90. The summed E-state index contributed by atoms with van der Waals surface area (Å²) in [6, 6.07) is 8.15. The lowest BCUT2D eigenvalue weighted by atomic mass is 9.56. The van der Waals surface area contributed by atoms with Gasteiger partial charge in [0.25, 0.3) is 0 Å². The number of aromatic nitrogens is 2. The standard InChI is InChI=1S/C19H17N3O4/c1-22-17(23)12-10-8-6-4-5-7-9(8)11(13(12)18(22)24)15-14(10)16(25-2)21-19(20-15)26-3/h4-7,10-13H,1-3H3/t10-,11+,12+,13-/m0/s1. The van der Waals surface area contributed by atoms with Crippen molar-refractivity contribution in [3.63, 3.8) is 0 Å². The van der Waals surface area contributed by atoms with Crippen LogP contribution in [-0.4, -0.2) is 47.9 Å². The minimum atomic E-state index is -0.441. The van der Waals surface area contributed by atoms with E-state index in [-0.39, 0.29) is 29.7 Å². The Morgan fingerprint density at radius 2 is 1.54 bits per heavy atom. The Labute approximate surface area is 150 Å². The fourth-order valence-corrected chi connectivity index (χ4v) is 4.90. The van der Waals surface area contributed by atoms with Crippen molar-refractivity contribution in [2.45, 2.75) is 11.8 Å². The molecule has 1 aromatic carbocycles. The Morgan fingerprint density at radius 1 is 0.923 bits per heavy atom. The first-order chi connectivity index (χ1) is 12.6. The van der Waals surface area contributed by atoms with Gasteiger partial charge in [0.1, 0.15) is 0 Å². The van der Waals surface area contributed by atoms with Crippen LogP contribution < -0.4 is 9.47 Å². The van der Waals surface area contributed by atoms with Gasteiger partial charge in [-0.25, -0.2) is 0 Å². The molecule has 2 heterocycles. The third-order valence-electron chi connectivity index (χ3n) is 5.90. The molecule has 2 amide bonds. The zero-order chi connectivity index (χ0) is 18.2. The van der Waals surface area contributed by atoms with Gasteiger partial charge in [-0.05, 0) is 11.1 Å². The van der Waals surface area contributed by atoms with Crippen LogP contribution in [0.2, 0.25) is 0 Å². The number of carbonyl (C=O) groups is 2. The molecule has 6 rings (SSSR count). The van der Waals surface area contributed by atoms with Gasteiger partial charge in [0.15, 0.2) is 0 Å². The number of imide groups is 1. The molecule has 2 bridgehead atoms. The summed E-state index contributed by atoms with van der Waals surface area (Å²) in [5.74, 6) is -1.36. The van der Waals surface area contributed by atoms with E-state index in [1.54, 1.807) is 14.2 Å². The summed E-state index contributed by atoms with van der Waals surface area (Å²) in [6.45, 7) is 0. The first-order valence-corrected chi connectivity index (χ1v) is 8.48. The fraction of sp³-hybridized carbons (Fsp3) is 0.368. The number of hydrogen-bond donors (Lipinski definition) is 0. The smallest absolute Gasteiger partial charge is 0.319 e. The summed E-state index contributed by atoms with van der Waals surface area (Å²) in [6.07, 6.45) is 0. The molecule has 1 aliphatic heterocycles. The van der Waals surface area contributed by atoms with Gasteiger partial charge in [-0.1, -0.05) is 24.3 Å². The Bertz CT molecular complexity index is 973. The first-order valence-electron chi connectivity index (χ1n) is 8.48. The molecule has 0 spiro atoms. The van der Waals surface area contributed by atoms with E-state index in [1.165, 1.54) is 12.0 Å². The number of benzene rings is 1. The summed E-state index contributed by atoms with van der Waals surface area (Å²) in [4.78, 5) is 35.9. The number of carbonyl (C=O) groups excluding carboxylic acids is 2. The number of likely N-dealkylation sites (tertiary alicyclic amines) is 1. The van der Waals surface area contributed by atoms with Crippen LogP contribution in [0.5, 0.6) is 11.9 Å². The molecule has 3 aliphatic carbocycles. The van der Waals surface area contributed by atoms with Crippen molar-refractivity contribution in [2.75, 3.05) is 21.3 Å². The third kappa shape index (κ3) is 1.63. The number of methoxy groups -OCH3 is 2. The van der Waals surface area contributed by atoms with E-state index in [4.69, 9.17) is 9.47 Å². The van der Waals surface area contributed by atoms with Crippen molar-refractivity contribution in [3.05, 3.63) is 46.6 Å². The quantitative estimate of drug-likeness (QED) is 0.759. The van der Waals surface area contributed by atoms with Crippen LogP contribution in [0.25, 0.3) is 0 Å². The highest BCUT2D eigenvalue weighted by Crippen LogP contribution is 2.62. The van der Waals surface area contributed by atoms with Crippen LogP contribution in [0.15, 0.2) is 24.3 Å². The number of amides is 2. The van der Waals surface area contributed by atoms with Gasteiger partial charge in [0.2, 0.25) is 17.7 Å². The van der Waals surface area contributed by atoms with Crippen LogP contribution in [-0.2, 0) is 9.59 Å². The molecule has 0 unspecified atom stereocenters. The second kappa shape index (κ2) is 5.03. The molecule has 132 valence electrons. The average molecular weight is 351 g/mol. The van der Waals surface area contributed by atoms with Crippen LogP contribution in [0.3, 0.4) is 0 Å². The largest absolute Gasteiger partial charge is 0.481 e. The number of hydrogen-bond acceptors (Lipinski definition) is 6. The highest BCUT2D eigenvalue weighted by atomic mass is 16.5. The van der Waals surface area contributed by atoms with Crippen molar-refractivity contribution in [1.82, 2.24) is 14.9 Å². The summed E-state index contributed by atoms with van der Waals surface area (Å²) >= 11 is 0. The van der Waals surface area contributed by atoms with Gasteiger partial charge >= 0.3 is 6.01 Å². The van der Waals surface area contributed by atoms with Gasteiger partial charge < -0.3 is 9.47 Å². The lowest BCUT2D eigenvalue weighted by Gasteiger charge is -2.45. The normalized spacial score (nSPS) is 27.9. The molecule has 0 radical (unpaired) electrons. The highest BCUT2D eigenvalue weighted by Gasteiger charge is 2.62. The van der Waals surface area contributed by atoms with Crippen molar-refractivity contribution < 1.29 is 19.1 Å². The Hall–Kier alpha value is -2.96. The zero-order valence-corrected chi connectivity index (χ0v) is 14.6. The SMILES string of the molecule is COc1nc(OC)c2c(n1)[C@@H]1c3ccccc3[C@H]2[C@H]2C(=O)N(C)C(=O)[C@@H]12. The maximum Gasteiger partial charge on any atom is 0.319 e. The highest BCUT2D eigenvalue weighted by molar-refractivity contribution is 6.07. The number of ether oxygens (including phenoxy) is 2. The Balaban J connectivity index is 1.86. The third-order valence-corrected chi connectivity index (χ3v) is 5.90. The summed E-state index contributed by atoms with van der Waals surface area (Å²) in [5.41, 5.74) is 3.63. The van der Waals surface area contributed by atoms with Crippen molar-refractivity contribution in [2.24, 2.45) is 11.8 Å². The van der Waals surface area contributed by atoms with E-state index < -0.39 is 11.8 Å². The maximum absolute atomic E-state index is 12.9. The molecule has 1 saturated heterocycles. The van der Waals surface area contributed by atoms with Crippen molar-refractivity contribution in [1.29, 1.82) is 0 Å². The Kier molecular flexibility index (Phi) is 2.96. The topological polar surface area (TPSA) is 81.6 Å². The zero-order valence-electron chi connectivity index (χ0n) is 14.6. The van der Waals surface area contributed by atoms with Crippen LogP contribution >= 0.6 is 0 Å². The molecule has 1 aromatic heterocycles. The van der Waals surface area contributed by atoms with Gasteiger partial charge in [0.05, 0.1) is 31.7 Å². The second-order valence-corrected chi connectivity index (χ2v) is 6.89. The Morgan fingerprint density at radius 3 is 2.15 bits per heavy atom. The predicted octanol–water partition coefficient (Wildman–Crippen LogP) is 1.32. The molecule has 7 nitrogen and oxygen atoms in total. The summed E-state index contributed by atoms with van der Waals surface area (Å²) < 4.78 is 10.8. The van der Waals surface area contributed by atoms with Crippen LogP contribution in [0.4, 0.5) is 0 Å². The average Bonchev–Trinajstić information content (AvgIpc) is 2.91. The van der Waals surface area contributed by atoms with Gasteiger partial charge in [-0.15, -0.1) is 0 Å². The minimum Gasteiger partial charge on any atom is -0.481 e. The van der Waals surface area contributed by atoms with Gasteiger partial charge in [-0.3, -0.25) is 14.5 Å². The molecule has 2 aromatic rings. The molecule has 4 aliphatic rings. The molecular formula is C19H17N3O4.